The first-order valence-corrected chi connectivity index (χ1v) is 4.76. The lowest BCUT2D eigenvalue weighted by atomic mass is 10.0. The summed E-state index contributed by atoms with van der Waals surface area (Å²) < 4.78 is 0. The van der Waals surface area contributed by atoms with Crippen LogP contribution in [0.1, 0.15) is 24.1 Å². The van der Waals surface area contributed by atoms with E-state index in [-0.39, 0.29) is 24.2 Å². The lowest BCUT2D eigenvalue weighted by Gasteiger charge is -2.21. The normalized spacial score (nSPS) is 12.1. The molecular formula is C12H18ClNO. The number of aryl methyl sites for hydroxylation is 1. The van der Waals surface area contributed by atoms with Gasteiger partial charge in [0.15, 0.2) is 5.78 Å². The van der Waals surface area contributed by atoms with E-state index in [0.717, 1.165) is 5.56 Å². The van der Waals surface area contributed by atoms with E-state index in [1.165, 1.54) is 5.56 Å². The van der Waals surface area contributed by atoms with Gasteiger partial charge in [0.1, 0.15) is 0 Å². The van der Waals surface area contributed by atoms with Crippen LogP contribution >= 0.6 is 12.4 Å². The molecule has 84 valence electrons. The van der Waals surface area contributed by atoms with Crippen LogP contribution in [-0.4, -0.2) is 24.8 Å². The largest absolute Gasteiger partial charge is 0.298 e. The lowest BCUT2D eigenvalue weighted by molar-refractivity contribution is -0.121. The summed E-state index contributed by atoms with van der Waals surface area (Å²) in [4.78, 5) is 13.4. The number of rotatable bonds is 3. The van der Waals surface area contributed by atoms with Crippen molar-refractivity contribution in [3.8, 4) is 0 Å². The van der Waals surface area contributed by atoms with Gasteiger partial charge in [0.25, 0.3) is 0 Å². The summed E-state index contributed by atoms with van der Waals surface area (Å²) in [6.45, 7) is 3.67. The van der Waals surface area contributed by atoms with Crippen molar-refractivity contribution in [1.29, 1.82) is 0 Å². The van der Waals surface area contributed by atoms with Crippen LogP contribution in [0.3, 0.4) is 0 Å². The zero-order valence-corrected chi connectivity index (χ0v) is 10.5. The number of ketones is 1. The van der Waals surface area contributed by atoms with Gasteiger partial charge in [0.2, 0.25) is 0 Å². The molecule has 15 heavy (non-hydrogen) atoms. The van der Waals surface area contributed by atoms with Gasteiger partial charge in [-0.15, -0.1) is 12.4 Å². The fourth-order valence-electron chi connectivity index (χ4n) is 1.65. The van der Waals surface area contributed by atoms with Crippen molar-refractivity contribution in [2.75, 3.05) is 14.1 Å². The number of hydrogen-bond acceptors (Lipinski definition) is 2. The molecule has 0 spiro atoms. The third-order valence-electron chi connectivity index (χ3n) is 2.29. The molecule has 1 rings (SSSR count). The van der Waals surface area contributed by atoms with E-state index in [4.69, 9.17) is 0 Å². The Hall–Kier alpha value is -0.860. The molecule has 1 aromatic carbocycles. The predicted molar refractivity (Wildman–Crippen MR) is 65.5 cm³/mol. The van der Waals surface area contributed by atoms with Crippen molar-refractivity contribution in [2.45, 2.75) is 19.9 Å². The average molecular weight is 228 g/mol. The molecule has 3 heteroatoms. The highest BCUT2D eigenvalue weighted by Crippen LogP contribution is 2.19. The van der Waals surface area contributed by atoms with Gasteiger partial charge < -0.3 is 0 Å². The van der Waals surface area contributed by atoms with Crippen LogP contribution in [0, 0.1) is 6.92 Å². The Kier molecular flexibility index (Phi) is 5.55. The second-order valence-electron chi connectivity index (χ2n) is 3.89. The number of likely N-dealkylation sites (N-methyl/N-ethyl adjacent to an activating group) is 1. The summed E-state index contributed by atoms with van der Waals surface area (Å²) in [6.07, 6.45) is 0. The van der Waals surface area contributed by atoms with E-state index >= 15 is 0 Å². The molecule has 1 unspecified atom stereocenters. The van der Waals surface area contributed by atoms with Gasteiger partial charge in [0, 0.05) is 0 Å². The van der Waals surface area contributed by atoms with E-state index in [1.807, 2.05) is 50.2 Å². The molecule has 0 aliphatic carbocycles. The zero-order valence-electron chi connectivity index (χ0n) is 9.65. The van der Waals surface area contributed by atoms with E-state index < -0.39 is 0 Å². The highest BCUT2D eigenvalue weighted by Gasteiger charge is 2.18. The molecule has 0 aliphatic rings. The maximum Gasteiger partial charge on any atom is 0.151 e. The van der Waals surface area contributed by atoms with Crippen molar-refractivity contribution in [3.05, 3.63) is 35.4 Å². The molecular weight excluding hydrogens is 210 g/mol. The van der Waals surface area contributed by atoms with Crippen LogP contribution in [-0.2, 0) is 4.79 Å². The smallest absolute Gasteiger partial charge is 0.151 e. The SMILES string of the molecule is CC(=O)C(c1ccc(C)cc1)N(C)C.Cl. The van der Waals surface area contributed by atoms with Crippen LogP contribution in [0.2, 0.25) is 0 Å². The van der Waals surface area contributed by atoms with Crippen LogP contribution in [0.5, 0.6) is 0 Å². The second-order valence-corrected chi connectivity index (χ2v) is 3.89. The number of Topliss-reactive ketones (excluding diaryl/α,β-unsaturated/α-hetero) is 1. The van der Waals surface area contributed by atoms with Crippen molar-refractivity contribution >= 4 is 18.2 Å². The standard InChI is InChI=1S/C12H17NO.ClH/c1-9-5-7-11(8-6-9)12(10(2)14)13(3)4;/h5-8,12H,1-4H3;1H. The monoisotopic (exact) mass is 227 g/mol. The molecule has 1 aromatic rings. The molecule has 1 atom stereocenters. The summed E-state index contributed by atoms with van der Waals surface area (Å²) in [5.74, 6) is 0.179. The van der Waals surface area contributed by atoms with Crippen LogP contribution in [0.4, 0.5) is 0 Å². The first-order valence-electron chi connectivity index (χ1n) is 4.76. The Morgan fingerprint density at radius 1 is 1.20 bits per heavy atom. The quantitative estimate of drug-likeness (QED) is 0.791. The molecule has 0 heterocycles. The highest BCUT2D eigenvalue weighted by atomic mass is 35.5. The maximum absolute atomic E-state index is 11.4. The fraction of sp³-hybridized carbons (Fsp3) is 0.417. The fourth-order valence-corrected chi connectivity index (χ4v) is 1.65. The third-order valence-corrected chi connectivity index (χ3v) is 2.29. The Labute approximate surface area is 97.7 Å². The van der Waals surface area contributed by atoms with Gasteiger partial charge in [-0.3, -0.25) is 9.69 Å². The van der Waals surface area contributed by atoms with Gasteiger partial charge in [-0.25, -0.2) is 0 Å². The molecule has 0 radical (unpaired) electrons. The number of benzene rings is 1. The van der Waals surface area contributed by atoms with Crippen molar-refractivity contribution in [3.63, 3.8) is 0 Å². The van der Waals surface area contributed by atoms with Crippen molar-refractivity contribution < 1.29 is 4.79 Å². The van der Waals surface area contributed by atoms with Gasteiger partial charge in [0.05, 0.1) is 6.04 Å². The lowest BCUT2D eigenvalue weighted by Crippen LogP contribution is -2.25. The number of nitrogens with zero attached hydrogens (tertiary/aromatic N) is 1. The molecule has 0 amide bonds. The first kappa shape index (κ1) is 14.1. The molecule has 0 aromatic heterocycles. The van der Waals surface area contributed by atoms with E-state index in [9.17, 15) is 4.79 Å². The van der Waals surface area contributed by atoms with Gasteiger partial charge in [-0.05, 0) is 33.5 Å². The van der Waals surface area contributed by atoms with Crippen LogP contribution < -0.4 is 0 Å². The minimum atomic E-state index is -0.115. The minimum absolute atomic E-state index is 0. The summed E-state index contributed by atoms with van der Waals surface area (Å²) in [5.41, 5.74) is 2.28. The van der Waals surface area contributed by atoms with E-state index in [2.05, 4.69) is 0 Å². The Morgan fingerprint density at radius 2 is 1.67 bits per heavy atom. The van der Waals surface area contributed by atoms with Gasteiger partial charge in [-0.2, -0.15) is 0 Å². The number of halogens is 1. The van der Waals surface area contributed by atoms with Crippen molar-refractivity contribution in [2.24, 2.45) is 0 Å². The van der Waals surface area contributed by atoms with Crippen LogP contribution in [0.15, 0.2) is 24.3 Å². The summed E-state index contributed by atoms with van der Waals surface area (Å²) >= 11 is 0. The highest BCUT2D eigenvalue weighted by molar-refractivity contribution is 5.85. The molecule has 0 fully saturated rings. The molecule has 0 N–H and O–H groups in total. The van der Waals surface area contributed by atoms with Gasteiger partial charge >= 0.3 is 0 Å². The second kappa shape index (κ2) is 5.89. The Bertz CT molecular complexity index is 319. The molecule has 0 aliphatic heterocycles. The maximum atomic E-state index is 11.4. The number of hydrogen-bond donors (Lipinski definition) is 0. The summed E-state index contributed by atoms with van der Waals surface area (Å²) in [5, 5.41) is 0. The first-order chi connectivity index (χ1) is 6.52. The zero-order chi connectivity index (χ0) is 10.7. The number of carbonyl (C=O) groups is 1. The average Bonchev–Trinajstić information content (AvgIpc) is 2.07. The molecule has 2 nitrogen and oxygen atoms in total. The number of carbonyl (C=O) groups excluding carboxylic acids is 1. The molecule has 0 bridgehead atoms. The summed E-state index contributed by atoms with van der Waals surface area (Å²) in [6, 6.07) is 7.99. The topological polar surface area (TPSA) is 20.3 Å². The van der Waals surface area contributed by atoms with Gasteiger partial charge in [-0.1, -0.05) is 29.8 Å². The van der Waals surface area contributed by atoms with Crippen molar-refractivity contribution in [1.82, 2.24) is 4.90 Å². The Morgan fingerprint density at radius 3 is 2.00 bits per heavy atom. The van der Waals surface area contributed by atoms with E-state index in [1.54, 1.807) is 6.92 Å². The van der Waals surface area contributed by atoms with Crippen LogP contribution in [0.25, 0.3) is 0 Å². The summed E-state index contributed by atoms with van der Waals surface area (Å²) in [7, 11) is 3.85. The third kappa shape index (κ3) is 3.65. The van der Waals surface area contributed by atoms with E-state index in [0.29, 0.717) is 0 Å². The Balaban J connectivity index is 0.00000196. The molecule has 0 saturated carbocycles. The molecule has 0 saturated heterocycles. The minimum Gasteiger partial charge on any atom is -0.298 e. The predicted octanol–water partition coefficient (Wildman–Crippen LogP) is 2.61.